The molecule has 1 nitrogen and oxygen atoms in total. The maximum Gasteiger partial charge on any atom is 0.0790 e. The van der Waals surface area contributed by atoms with Crippen LogP contribution < -0.4 is 0 Å². The summed E-state index contributed by atoms with van der Waals surface area (Å²) in [6.07, 6.45) is 1.93. The molecule has 0 aliphatic heterocycles. The van der Waals surface area contributed by atoms with E-state index in [1.54, 1.807) is 0 Å². The Balaban J connectivity index is 2.19. The third-order valence-electron chi connectivity index (χ3n) is 4.79. The summed E-state index contributed by atoms with van der Waals surface area (Å²) in [4.78, 5) is 5.09. The molecule has 0 aliphatic rings. The second kappa shape index (κ2) is 5.61. The van der Waals surface area contributed by atoms with Gasteiger partial charge in [-0.05, 0) is 30.4 Å². The quantitative estimate of drug-likeness (QED) is 0.395. The molecular weight excluding hydrogens is 290 g/mol. The fourth-order valence-electron chi connectivity index (χ4n) is 3.47. The molecule has 0 saturated heterocycles. The minimum atomic E-state index is 1.02. The van der Waals surface area contributed by atoms with Gasteiger partial charge in [0.05, 0.1) is 11.2 Å². The van der Waals surface area contributed by atoms with Crippen LogP contribution in [0.1, 0.15) is 16.7 Å². The van der Waals surface area contributed by atoms with Crippen molar-refractivity contribution in [3.63, 3.8) is 0 Å². The monoisotopic (exact) mass is 309 g/mol. The van der Waals surface area contributed by atoms with E-state index in [-0.39, 0.29) is 0 Å². The number of nitrogens with zero attached hydrogens (tertiary/aromatic N) is 1. The molecule has 0 bridgehead atoms. The zero-order chi connectivity index (χ0) is 16.7. The van der Waals surface area contributed by atoms with E-state index in [4.69, 9.17) is 4.98 Å². The smallest absolute Gasteiger partial charge is 0.0790 e. The van der Waals surface area contributed by atoms with Crippen LogP contribution in [0.4, 0.5) is 0 Å². The van der Waals surface area contributed by atoms with Crippen molar-refractivity contribution in [1.82, 2.24) is 4.98 Å². The summed E-state index contributed by atoms with van der Waals surface area (Å²) in [5, 5.41) is 3.61. The first-order valence-corrected chi connectivity index (χ1v) is 8.21. The van der Waals surface area contributed by atoms with Gasteiger partial charge in [-0.15, -0.1) is 0 Å². The van der Waals surface area contributed by atoms with Crippen LogP contribution in [0.25, 0.3) is 39.0 Å². The molecule has 0 aliphatic carbocycles. The molecule has 116 valence electrons. The van der Waals surface area contributed by atoms with Gasteiger partial charge in [0.15, 0.2) is 0 Å². The average molecular weight is 309 g/mol. The standard InChI is InChI=1S/C23H19N/c1-4-18-16(3)20-14-13-17-10-6-8-12-21(17)23(20)24-22(18)19-11-7-5-9-15(19)2/h4-14H,1H2,2-3H3. The Kier molecular flexibility index (Phi) is 3.42. The number of pyridine rings is 1. The molecule has 3 aromatic carbocycles. The Morgan fingerprint density at radius 1 is 0.833 bits per heavy atom. The summed E-state index contributed by atoms with van der Waals surface area (Å²) in [7, 11) is 0. The highest BCUT2D eigenvalue weighted by atomic mass is 14.7. The van der Waals surface area contributed by atoms with Crippen molar-refractivity contribution < 1.29 is 0 Å². The van der Waals surface area contributed by atoms with E-state index in [0.717, 1.165) is 16.8 Å². The van der Waals surface area contributed by atoms with Crippen molar-refractivity contribution in [1.29, 1.82) is 0 Å². The van der Waals surface area contributed by atoms with E-state index in [1.807, 2.05) is 6.08 Å². The fourth-order valence-corrected chi connectivity index (χ4v) is 3.47. The normalized spacial score (nSPS) is 11.1. The summed E-state index contributed by atoms with van der Waals surface area (Å²) in [6, 6.07) is 21.2. The molecule has 1 aromatic heterocycles. The van der Waals surface area contributed by atoms with Gasteiger partial charge in [0, 0.05) is 21.9 Å². The third-order valence-corrected chi connectivity index (χ3v) is 4.79. The first kappa shape index (κ1) is 14.6. The van der Waals surface area contributed by atoms with Crippen LogP contribution in [-0.2, 0) is 0 Å². The average Bonchev–Trinajstić information content (AvgIpc) is 2.62. The lowest BCUT2D eigenvalue weighted by atomic mass is 9.94. The summed E-state index contributed by atoms with van der Waals surface area (Å²) in [5.74, 6) is 0. The largest absolute Gasteiger partial charge is 0.246 e. The highest BCUT2D eigenvalue weighted by Gasteiger charge is 2.14. The van der Waals surface area contributed by atoms with E-state index >= 15 is 0 Å². The maximum absolute atomic E-state index is 5.09. The first-order valence-electron chi connectivity index (χ1n) is 8.21. The Morgan fingerprint density at radius 2 is 1.58 bits per heavy atom. The second-order valence-electron chi connectivity index (χ2n) is 6.20. The number of aromatic nitrogens is 1. The van der Waals surface area contributed by atoms with Gasteiger partial charge < -0.3 is 0 Å². The van der Waals surface area contributed by atoms with Gasteiger partial charge in [-0.1, -0.05) is 73.3 Å². The molecule has 0 spiro atoms. The molecule has 1 heteroatoms. The lowest BCUT2D eigenvalue weighted by molar-refractivity contribution is 1.33. The minimum absolute atomic E-state index is 1.02. The van der Waals surface area contributed by atoms with Gasteiger partial charge in [0.1, 0.15) is 0 Å². The topological polar surface area (TPSA) is 12.9 Å². The van der Waals surface area contributed by atoms with E-state index < -0.39 is 0 Å². The van der Waals surface area contributed by atoms with Gasteiger partial charge in [-0.2, -0.15) is 0 Å². The number of hydrogen-bond donors (Lipinski definition) is 0. The van der Waals surface area contributed by atoms with Crippen LogP contribution in [0.5, 0.6) is 0 Å². The predicted molar refractivity (Wildman–Crippen MR) is 104 cm³/mol. The van der Waals surface area contributed by atoms with Crippen LogP contribution in [0.15, 0.2) is 67.2 Å². The van der Waals surface area contributed by atoms with Crippen molar-refractivity contribution in [3.05, 3.63) is 83.9 Å². The number of hydrogen-bond acceptors (Lipinski definition) is 1. The number of aryl methyl sites for hydroxylation is 2. The molecular formula is C23H19N. The number of rotatable bonds is 2. The Hall–Kier alpha value is -2.93. The van der Waals surface area contributed by atoms with Gasteiger partial charge in [0.2, 0.25) is 0 Å². The maximum atomic E-state index is 5.09. The highest BCUT2D eigenvalue weighted by Crippen LogP contribution is 2.34. The molecule has 0 N–H and O–H groups in total. The highest BCUT2D eigenvalue weighted by molar-refractivity contribution is 6.08. The van der Waals surface area contributed by atoms with Gasteiger partial charge >= 0.3 is 0 Å². The summed E-state index contributed by atoms with van der Waals surface area (Å²) in [6.45, 7) is 8.33. The lowest BCUT2D eigenvalue weighted by Gasteiger charge is -2.15. The van der Waals surface area contributed by atoms with Crippen LogP contribution in [0.3, 0.4) is 0 Å². The molecule has 4 aromatic rings. The summed E-state index contributed by atoms with van der Waals surface area (Å²) < 4.78 is 0. The number of fused-ring (bicyclic) bond motifs is 3. The molecule has 0 atom stereocenters. The molecule has 1 heterocycles. The minimum Gasteiger partial charge on any atom is -0.246 e. The van der Waals surface area contributed by atoms with E-state index in [0.29, 0.717) is 0 Å². The van der Waals surface area contributed by atoms with Crippen molar-refractivity contribution in [2.75, 3.05) is 0 Å². The lowest BCUT2D eigenvalue weighted by Crippen LogP contribution is -1.97. The second-order valence-corrected chi connectivity index (χ2v) is 6.20. The Morgan fingerprint density at radius 3 is 2.38 bits per heavy atom. The molecule has 0 unspecified atom stereocenters. The van der Waals surface area contributed by atoms with Crippen molar-refractivity contribution in [2.45, 2.75) is 13.8 Å². The summed E-state index contributed by atoms with van der Waals surface area (Å²) >= 11 is 0. The SMILES string of the molecule is C=Cc1c(-c2ccccc2C)nc2c(ccc3ccccc32)c1C. The van der Waals surface area contributed by atoms with Crippen molar-refractivity contribution >= 4 is 27.8 Å². The third kappa shape index (κ3) is 2.13. The van der Waals surface area contributed by atoms with E-state index in [1.165, 1.54) is 32.8 Å². The van der Waals surface area contributed by atoms with Crippen molar-refractivity contribution in [2.24, 2.45) is 0 Å². The molecule has 0 fully saturated rings. The van der Waals surface area contributed by atoms with Gasteiger partial charge in [0.25, 0.3) is 0 Å². The molecule has 24 heavy (non-hydrogen) atoms. The fraction of sp³-hybridized carbons (Fsp3) is 0.0870. The van der Waals surface area contributed by atoms with Crippen LogP contribution in [-0.4, -0.2) is 4.98 Å². The molecule has 4 rings (SSSR count). The first-order chi connectivity index (χ1) is 11.7. The van der Waals surface area contributed by atoms with Crippen LogP contribution >= 0.6 is 0 Å². The van der Waals surface area contributed by atoms with E-state index in [2.05, 4.69) is 81.1 Å². The van der Waals surface area contributed by atoms with Gasteiger partial charge in [-0.25, -0.2) is 4.98 Å². The Bertz CT molecular complexity index is 1090. The van der Waals surface area contributed by atoms with E-state index in [9.17, 15) is 0 Å². The Labute approximate surface area is 142 Å². The molecule has 0 amide bonds. The summed E-state index contributed by atoms with van der Waals surface area (Å²) in [5.41, 5.74) is 6.84. The molecule has 0 radical (unpaired) electrons. The zero-order valence-electron chi connectivity index (χ0n) is 14.0. The van der Waals surface area contributed by atoms with Gasteiger partial charge in [-0.3, -0.25) is 0 Å². The molecule has 0 saturated carbocycles. The predicted octanol–water partition coefficient (Wildman–Crippen LogP) is 6.31. The van der Waals surface area contributed by atoms with Crippen LogP contribution in [0, 0.1) is 13.8 Å². The zero-order valence-corrected chi connectivity index (χ0v) is 14.0. The van der Waals surface area contributed by atoms with Crippen LogP contribution in [0.2, 0.25) is 0 Å². The van der Waals surface area contributed by atoms with Crippen molar-refractivity contribution in [3.8, 4) is 11.3 Å². The number of benzene rings is 3.